The van der Waals surface area contributed by atoms with Crippen molar-refractivity contribution in [2.24, 2.45) is 5.92 Å². The van der Waals surface area contributed by atoms with E-state index in [1.807, 2.05) is 42.5 Å². The molecule has 1 amide bonds. The number of rotatable bonds is 12. The molecule has 3 aromatic rings. The number of imidazole rings is 1. The van der Waals surface area contributed by atoms with Gasteiger partial charge in [0.15, 0.2) is 0 Å². The fourth-order valence-corrected chi connectivity index (χ4v) is 3.75. The van der Waals surface area contributed by atoms with Crippen LogP contribution in [-0.4, -0.2) is 35.7 Å². The Morgan fingerprint density at radius 3 is 2.48 bits per heavy atom. The number of benzene rings is 2. The van der Waals surface area contributed by atoms with E-state index in [1.54, 1.807) is 7.11 Å². The molecule has 6 nitrogen and oxygen atoms in total. The molecule has 166 valence electrons. The number of ether oxygens (including phenoxy) is 2. The molecule has 0 spiro atoms. The molecule has 0 atom stereocenters. The first-order chi connectivity index (χ1) is 15.2. The topological polar surface area (TPSA) is 65.4 Å². The van der Waals surface area contributed by atoms with Crippen molar-refractivity contribution in [1.82, 2.24) is 14.9 Å². The monoisotopic (exact) mass is 423 g/mol. The Kier molecular flexibility index (Phi) is 8.33. The fraction of sp³-hybridized carbons (Fsp3) is 0.440. The third-order valence-corrected chi connectivity index (χ3v) is 5.59. The summed E-state index contributed by atoms with van der Waals surface area (Å²) >= 11 is 0. The molecule has 0 unspecified atom stereocenters. The Hall–Kier alpha value is -3.02. The zero-order valence-electron chi connectivity index (χ0n) is 18.8. The standard InChI is InChI=1S/C25H33N3O3/c1-4-19(5-2)25(29)26-16-15-24-27-22-9-6-7-10-23(22)28(24)17-8-18-31-21-13-11-20(30-3)12-14-21/h6-7,9-14,19H,4-5,8,15-18H2,1-3H3,(H,26,29). The maximum Gasteiger partial charge on any atom is 0.223 e. The molecule has 0 bridgehead atoms. The van der Waals surface area contributed by atoms with Crippen LogP contribution in [0.4, 0.5) is 0 Å². The fourth-order valence-electron chi connectivity index (χ4n) is 3.75. The van der Waals surface area contributed by atoms with Crippen molar-refractivity contribution < 1.29 is 14.3 Å². The second-order valence-corrected chi connectivity index (χ2v) is 7.60. The lowest BCUT2D eigenvalue weighted by Crippen LogP contribution is -2.32. The highest BCUT2D eigenvalue weighted by Gasteiger charge is 2.15. The van der Waals surface area contributed by atoms with Gasteiger partial charge in [0.05, 0.1) is 24.8 Å². The Labute approximate surface area is 184 Å². The number of hydrogen-bond acceptors (Lipinski definition) is 4. The summed E-state index contributed by atoms with van der Waals surface area (Å²) in [5, 5.41) is 3.08. The van der Waals surface area contributed by atoms with E-state index in [2.05, 4.69) is 29.8 Å². The van der Waals surface area contributed by atoms with Crippen LogP contribution in [0, 0.1) is 5.92 Å². The van der Waals surface area contributed by atoms with Crippen LogP contribution in [-0.2, 0) is 17.8 Å². The van der Waals surface area contributed by atoms with E-state index < -0.39 is 0 Å². The summed E-state index contributed by atoms with van der Waals surface area (Å²) < 4.78 is 13.3. The van der Waals surface area contributed by atoms with Gasteiger partial charge in [-0.25, -0.2) is 4.98 Å². The van der Waals surface area contributed by atoms with Gasteiger partial charge in [-0.15, -0.1) is 0 Å². The predicted molar refractivity (Wildman–Crippen MR) is 124 cm³/mol. The minimum absolute atomic E-state index is 0.0916. The summed E-state index contributed by atoms with van der Waals surface area (Å²) in [7, 11) is 1.65. The molecule has 0 saturated heterocycles. The van der Waals surface area contributed by atoms with Gasteiger partial charge in [-0.3, -0.25) is 4.79 Å². The lowest BCUT2D eigenvalue weighted by Gasteiger charge is -2.13. The van der Waals surface area contributed by atoms with Crippen LogP contribution in [0.25, 0.3) is 11.0 Å². The van der Waals surface area contributed by atoms with Crippen molar-refractivity contribution in [2.75, 3.05) is 20.3 Å². The van der Waals surface area contributed by atoms with Gasteiger partial charge in [-0.05, 0) is 55.7 Å². The van der Waals surface area contributed by atoms with Gasteiger partial charge >= 0.3 is 0 Å². The van der Waals surface area contributed by atoms with E-state index in [9.17, 15) is 4.79 Å². The summed E-state index contributed by atoms with van der Waals surface area (Å²) in [5.41, 5.74) is 2.10. The van der Waals surface area contributed by atoms with E-state index in [4.69, 9.17) is 14.5 Å². The largest absolute Gasteiger partial charge is 0.497 e. The molecule has 0 aliphatic carbocycles. The molecule has 0 fully saturated rings. The molecule has 1 aromatic heterocycles. The molecule has 3 rings (SSSR count). The molecule has 1 N–H and O–H groups in total. The van der Waals surface area contributed by atoms with Crippen molar-refractivity contribution >= 4 is 16.9 Å². The Balaban J connectivity index is 1.58. The number of hydrogen-bond donors (Lipinski definition) is 1. The normalized spacial score (nSPS) is 11.1. The molecule has 0 radical (unpaired) electrons. The average molecular weight is 424 g/mol. The number of aromatic nitrogens is 2. The highest BCUT2D eigenvalue weighted by Crippen LogP contribution is 2.19. The first-order valence-corrected chi connectivity index (χ1v) is 11.1. The van der Waals surface area contributed by atoms with E-state index in [0.29, 0.717) is 19.6 Å². The van der Waals surface area contributed by atoms with Gasteiger partial charge in [-0.1, -0.05) is 26.0 Å². The van der Waals surface area contributed by atoms with E-state index in [-0.39, 0.29) is 11.8 Å². The zero-order chi connectivity index (χ0) is 22.1. The summed E-state index contributed by atoms with van der Waals surface area (Å²) in [4.78, 5) is 17.1. The van der Waals surface area contributed by atoms with Crippen LogP contribution in [0.15, 0.2) is 48.5 Å². The van der Waals surface area contributed by atoms with Crippen molar-refractivity contribution in [2.45, 2.75) is 46.1 Å². The Morgan fingerprint density at radius 1 is 1.06 bits per heavy atom. The molecule has 2 aromatic carbocycles. The van der Waals surface area contributed by atoms with Gasteiger partial charge in [0.1, 0.15) is 17.3 Å². The number of carbonyl (C=O) groups is 1. The van der Waals surface area contributed by atoms with Gasteiger partial charge in [0.25, 0.3) is 0 Å². The lowest BCUT2D eigenvalue weighted by atomic mass is 10.0. The van der Waals surface area contributed by atoms with Gasteiger partial charge in [0, 0.05) is 25.4 Å². The summed E-state index contributed by atoms with van der Waals surface area (Å²) in [6.45, 7) is 6.14. The number of para-hydroxylation sites is 2. The van der Waals surface area contributed by atoms with E-state index in [0.717, 1.165) is 54.2 Å². The van der Waals surface area contributed by atoms with E-state index in [1.165, 1.54) is 0 Å². The summed E-state index contributed by atoms with van der Waals surface area (Å²) in [5.74, 6) is 2.88. The molecule has 0 saturated carbocycles. The number of amides is 1. The SMILES string of the molecule is CCC(CC)C(=O)NCCc1nc2ccccc2n1CCCOc1ccc(OC)cc1. The van der Waals surface area contributed by atoms with Crippen molar-refractivity contribution in [3.8, 4) is 11.5 Å². The number of carbonyl (C=O) groups excluding carboxylic acids is 1. The first-order valence-electron chi connectivity index (χ1n) is 11.1. The number of nitrogens with one attached hydrogen (secondary N) is 1. The number of methoxy groups -OCH3 is 1. The Bertz CT molecular complexity index is 962. The quantitative estimate of drug-likeness (QED) is 0.432. The number of aryl methyl sites for hydroxylation is 1. The molecule has 6 heteroatoms. The second kappa shape index (κ2) is 11.4. The van der Waals surface area contributed by atoms with Crippen LogP contribution >= 0.6 is 0 Å². The van der Waals surface area contributed by atoms with Gasteiger partial charge in [0.2, 0.25) is 5.91 Å². The number of nitrogens with zero attached hydrogens (tertiary/aromatic N) is 2. The third-order valence-electron chi connectivity index (χ3n) is 5.59. The maximum absolute atomic E-state index is 12.3. The first kappa shape index (κ1) is 22.7. The molecule has 31 heavy (non-hydrogen) atoms. The maximum atomic E-state index is 12.3. The van der Waals surface area contributed by atoms with Gasteiger partial charge in [-0.2, -0.15) is 0 Å². The van der Waals surface area contributed by atoms with Crippen LogP contribution in [0.1, 0.15) is 38.9 Å². The van der Waals surface area contributed by atoms with Crippen LogP contribution < -0.4 is 14.8 Å². The van der Waals surface area contributed by atoms with Crippen LogP contribution in [0.2, 0.25) is 0 Å². The second-order valence-electron chi connectivity index (χ2n) is 7.60. The minimum Gasteiger partial charge on any atom is -0.497 e. The third kappa shape index (κ3) is 6.00. The molecule has 1 heterocycles. The zero-order valence-corrected chi connectivity index (χ0v) is 18.8. The molecular formula is C25H33N3O3. The minimum atomic E-state index is 0.0916. The van der Waals surface area contributed by atoms with Gasteiger partial charge < -0.3 is 19.4 Å². The van der Waals surface area contributed by atoms with E-state index >= 15 is 0 Å². The molecule has 0 aliphatic heterocycles. The highest BCUT2D eigenvalue weighted by molar-refractivity contribution is 5.78. The number of fused-ring (bicyclic) bond motifs is 1. The van der Waals surface area contributed by atoms with Crippen molar-refractivity contribution in [1.29, 1.82) is 0 Å². The smallest absolute Gasteiger partial charge is 0.223 e. The van der Waals surface area contributed by atoms with Crippen molar-refractivity contribution in [3.63, 3.8) is 0 Å². The van der Waals surface area contributed by atoms with Crippen LogP contribution in [0.3, 0.4) is 0 Å². The van der Waals surface area contributed by atoms with Crippen molar-refractivity contribution in [3.05, 3.63) is 54.4 Å². The summed E-state index contributed by atoms with van der Waals surface area (Å²) in [6.07, 6.45) is 3.31. The lowest BCUT2D eigenvalue weighted by molar-refractivity contribution is -0.125. The van der Waals surface area contributed by atoms with Crippen LogP contribution in [0.5, 0.6) is 11.5 Å². The summed E-state index contributed by atoms with van der Waals surface area (Å²) in [6, 6.07) is 15.8. The Morgan fingerprint density at radius 2 is 1.77 bits per heavy atom. The molecular weight excluding hydrogens is 390 g/mol. The highest BCUT2D eigenvalue weighted by atomic mass is 16.5. The predicted octanol–water partition coefficient (Wildman–Crippen LogP) is 4.61. The molecule has 0 aliphatic rings. The average Bonchev–Trinajstić information content (AvgIpc) is 3.15.